The fraction of sp³-hybridized carbons (Fsp3) is 0.263. The fourth-order valence-corrected chi connectivity index (χ4v) is 3.17. The second-order valence-electron chi connectivity index (χ2n) is 6.43. The number of carbonyl (C=O) groups is 1. The molecule has 132 valence electrons. The Morgan fingerprint density at radius 2 is 2.04 bits per heavy atom. The Labute approximate surface area is 151 Å². The zero-order chi connectivity index (χ0) is 17.8. The number of amides is 1. The van der Waals surface area contributed by atoms with Crippen molar-refractivity contribution < 1.29 is 4.79 Å². The van der Waals surface area contributed by atoms with Gasteiger partial charge >= 0.3 is 0 Å². The highest BCUT2D eigenvalue weighted by atomic mass is 16.2. The third-order valence-corrected chi connectivity index (χ3v) is 4.51. The number of nitrogens with one attached hydrogen (secondary N) is 1. The number of aromatic nitrogens is 4. The van der Waals surface area contributed by atoms with E-state index in [1.54, 1.807) is 35.4 Å². The molecule has 2 aromatic heterocycles. The van der Waals surface area contributed by atoms with E-state index >= 15 is 0 Å². The van der Waals surface area contributed by atoms with Crippen LogP contribution < -0.4 is 5.32 Å². The zero-order valence-electron chi connectivity index (χ0n) is 14.3. The SMILES string of the molecule is O=C(N[C@H]1CCN(Cc2ccccc2)C1)c1ccc(-n2ccnc2)nn1. The minimum atomic E-state index is -0.179. The molecule has 3 aromatic rings. The standard InChI is InChI=1S/C19H20N6O/c26-19(17-6-7-18(23-22-17)25-11-9-20-14-25)21-16-8-10-24(13-16)12-15-4-2-1-3-5-15/h1-7,9,11,14,16H,8,10,12-13H2,(H,21,26)/t16-/m0/s1. The van der Waals surface area contributed by atoms with Crippen molar-refractivity contribution in [3.05, 3.63) is 72.4 Å². The number of rotatable bonds is 5. The second-order valence-corrected chi connectivity index (χ2v) is 6.43. The minimum absolute atomic E-state index is 0.140. The lowest BCUT2D eigenvalue weighted by Crippen LogP contribution is -2.37. The molecule has 1 aliphatic heterocycles. The average Bonchev–Trinajstić information content (AvgIpc) is 3.35. The van der Waals surface area contributed by atoms with Gasteiger partial charge in [-0.1, -0.05) is 30.3 Å². The van der Waals surface area contributed by atoms with E-state index in [1.807, 2.05) is 6.07 Å². The summed E-state index contributed by atoms with van der Waals surface area (Å²) >= 11 is 0. The first kappa shape index (κ1) is 16.4. The van der Waals surface area contributed by atoms with Gasteiger partial charge in [0.25, 0.3) is 5.91 Å². The van der Waals surface area contributed by atoms with Gasteiger partial charge in [0.05, 0.1) is 0 Å². The Kier molecular flexibility index (Phi) is 4.70. The summed E-state index contributed by atoms with van der Waals surface area (Å²) < 4.78 is 1.74. The van der Waals surface area contributed by atoms with E-state index in [1.165, 1.54) is 5.56 Å². The first-order chi connectivity index (χ1) is 12.8. The van der Waals surface area contributed by atoms with Gasteiger partial charge in [-0.15, -0.1) is 10.2 Å². The monoisotopic (exact) mass is 348 g/mol. The van der Waals surface area contributed by atoms with Gasteiger partial charge < -0.3 is 5.32 Å². The topological polar surface area (TPSA) is 75.9 Å². The van der Waals surface area contributed by atoms with E-state index in [9.17, 15) is 4.79 Å². The Morgan fingerprint density at radius 1 is 1.15 bits per heavy atom. The van der Waals surface area contributed by atoms with Crippen molar-refractivity contribution in [1.29, 1.82) is 0 Å². The van der Waals surface area contributed by atoms with Crippen LogP contribution in [0.5, 0.6) is 0 Å². The van der Waals surface area contributed by atoms with Gasteiger partial charge in [-0.2, -0.15) is 0 Å². The maximum absolute atomic E-state index is 12.4. The molecule has 1 fully saturated rings. The van der Waals surface area contributed by atoms with Crippen LogP contribution in [0.4, 0.5) is 0 Å². The van der Waals surface area contributed by atoms with E-state index < -0.39 is 0 Å². The molecule has 1 saturated heterocycles. The lowest BCUT2D eigenvalue weighted by molar-refractivity contribution is 0.0931. The van der Waals surface area contributed by atoms with E-state index in [-0.39, 0.29) is 11.9 Å². The van der Waals surface area contributed by atoms with Gasteiger partial charge in [-0.25, -0.2) is 4.98 Å². The highest BCUT2D eigenvalue weighted by molar-refractivity contribution is 5.92. The van der Waals surface area contributed by atoms with Crippen LogP contribution in [0.1, 0.15) is 22.5 Å². The molecule has 1 N–H and O–H groups in total. The maximum Gasteiger partial charge on any atom is 0.272 e. The van der Waals surface area contributed by atoms with Gasteiger partial charge in [-0.3, -0.25) is 14.3 Å². The van der Waals surface area contributed by atoms with Crippen molar-refractivity contribution in [3.63, 3.8) is 0 Å². The molecule has 3 heterocycles. The van der Waals surface area contributed by atoms with Crippen LogP contribution in [0, 0.1) is 0 Å². The number of carbonyl (C=O) groups excluding carboxylic acids is 1. The number of benzene rings is 1. The molecule has 1 aliphatic rings. The van der Waals surface area contributed by atoms with Crippen LogP contribution in [0.25, 0.3) is 5.82 Å². The number of nitrogens with zero attached hydrogens (tertiary/aromatic N) is 5. The molecule has 0 bridgehead atoms. The summed E-state index contributed by atoms with van der Waals surface area (Å²) in [7, 11) is 0. The van der Waals surface area contributed by atoms with Crippen molar-refractivity contribution in [2.75, 3.05) is 13.1 Å². The highest BCUT2D eigenvalue weighted by Crippen LogP contribution is 2.14. The van der Waals surface area contributed by atoms with Gasteiger partial charge in [0.15, 0.2) is 11.5 Å². The van der Waals surface area contributed by atoms with Gasteiger partial charge in [0.2, 0.25) is 0 Å². The Balaban J connectivity index is 1.32. The summed E-state index contributed by atoms with van der Waals surface area (Å²) in [6, 6.07) is 14.0. The lowest BCUT2D eigenvalue weighted by Gasteiger charge is -2.16. The summed E-state index contributed by atoms with van der Waals surface area (Å²) in [5.74, 6) is 0.454. The second kappa shape index (κ2) is 7.45. The molecule has 7 nitrogen and oxygen atoms in total. The van der Waals surface area contributed by atoms with Crippen molar-refractivity contribution in [2.24, 2.45) is 0 Å². The van der Waals surface area contributed by atoms with Crippen molar-refractivity contribution in [2.45, 2.75) is 19.0 Å². The Hall–Kier alpha value is -3.06. The molecule has 26 heavy (non-hydrogen) atoms. The van der Waals surface area contributed by atoms with Crippen LogP contribution in [0.3, 0.4) is 0 Å². The molecular formula is C19H20N6O. The van der Waals surface area contributed by atoms with Crippen LogP contribution in [0.2, 0.25) is 0 Å². The van der Waals surface area contributed by atoms with E-state index in [0.29, 0.717) is 11.5 Å². The smallest absolute Gasteiger partial charge is 0.272 e. The summed E-state index contributed by atoms with van der Waals surface area (Å²) in [6.45, 7) is 2.74. The first-order valence-electron chi connectivity index (χ1n) is 8.67. The molecule has 7 heteroatoms. The summed E-state index contributed by atoms with van der Waals surface area (Å²) in [5, 5.41) is 11.2. The Morgan fingerprint density at radius 3 is 2.77 bits per heavy atom. The lowest BCUT2D eigenvalue weighted by atomic mass is 10.2. The molecule has 0 saturated carbocycles. The predicted molar refractivity (Wildman–Crippen MR) is 96.7 cm³/mol. The van der Waals surface area contributed by atoms with Gasteiger partial charge in [-0.05, 0) is 24.1 Å². The normalized spacial score (nSPS) is 17.3. The zero-order valence-corrected chi connectivity index (χ0v) is 14.3. The molecule has 1 atom stereocenters. The third kappa shape index (κ3) is 3.78. The summed E-state index contributed by atoms with van der Waals surface area (Å²) in [6.07, 6.45) is 6.04. The Bertz CT molecular complexity index is 848. The molecule has 1 aromatic carbocycles. The number of hydrogen-bond acceptors (Lipinski definition) is 5. The largest absolute Gasteiger partial charge is 0.347 e. The van der Waals surface area contributed by atoms with Gasteiger partial charge in [0, 0.05) is 38.1 Å². The first-order valence-corrected chi connectivity index (χ1v) is 8.67. The number of likely N-dealkylation sites (tertiary alicyclic amines) is 1. The van der Waals surface area contributed by atoms with E-state index in [2.05, 4.69) is 49.7 Å². The van der Waals surface area contributed by atoms with Crippen molar-refractivity contribution in [1.82, 2.24) is 30.0 Å². The average molecular weight is 348 g/mol. The molecule has 4 rings (SSSR count). The quantitative estimate of drug-likeness (QED) is 0.759. The predicted octanol–water partition coefficient (Wildman–Crippen LogP) is 1.67. The molecule has 0 aliphatic carbocycles. The third-order valence-electron chi connectivity index (χ3n) is 4.51. The molecule has 0 unspecified atom stereocenters. The number of hydrogen-bond donors (Lipinski definition) is 1. The summed E-state index contributed by atoms with van der Waals surface area (Å²) in [5.41, 5.74) is 1.62. The van der Waals surface area contributed by atoms with Crippen LogP contribution in [-0.4, -0.2) is 49.7 Å². The maximum atomic E-state index is 12.4. The molecule has 1 amide bonds. The van der Waals surface area contributed by atoms with Crippen molar-refractivity contribution >= 4 is 5.91 Å². The van der Waals surface area contributed by atoms with Crippen LogP contribution in [-0.2, 0) is 6.54 Å². The molecule has 0 radical (unpaired) electrons. The molecular weight excluding hydrogens is 328 g/mol. The number of imidazole rings is 1. The van der Waals surface area contributed by atoms with Crippen LogP contribution in [0.15, 0.2) is 61.2 Å². The molecule has 0 spiro atoms. The fourth-order valence-electron chi connectivity index (χ4n) is 3.17. The highest BCUT2D eigenvalue weighted by Gasteiger charge is 2.24. The van der Waals surface area contributed by atoms with E-state index in [0.717, 1.165) is 26.1 Å². The van der Waals surface area contributed by atoms with Crippen molar-refractivity contribution in [3.8, 4) is 5.82 Å². The van der Waals surface area contributed by atoms with Gasteiger partial charge in [0.1, 0.15) is 6.33 Å². The van der Waals surface area contributed by atoms with Crippen LogP contribution >= 0.6 is 0 Å². The summed E-state index contributed by atoms with van der Waals surface area (Å²) in [4.78, 5) is 18.7. The minimum Gasteiger partial charge on any atom is -0.347 e. The van der Waals surface area contributed by atoms with E-state index in [4.69, 9.17) is 0 Å².